The highest BCUT2D eigenvalue weighted by Gasteiger charge is 2.16. The van der Waals surface area contributed by atoms with E-state index in [0.717, 1.165) is 0 Å². The SMILES string of the molecule is N#Cc1nc(C(F)F)cc(F)c1CCl. The zero-order chi connectivity index (χ0) is 10.7. The summed E-state index contributed by atoms with van der Waals surface area (Å²) in [7, 11) is 0. The van der Waals surface area contributed by atoms with Gasteiger partial charge in [-0.2, -0.15) is 5.26 Å². The number of hydrogen-bond acceptors (Lipinski definition) is 2. The lowest BCUT2D eigenvalue weighted by atomic mass is 10.2. The maximum absolute atomic E-state index is 13.0. The molecule has 1 rings (SSSR count). The maximum atomic E-state index is 13.0. The zero-order valence-electron chi connectivity index (χ0n) is 6.77. The number of pyridine rings is 1. The van der Waals surface area contributed by atoms with E-state index in [1.165, 1.54) is 6.07 Å². The highest BCUT2D eigenvalue weighted by atomic mass is 35.5. The Morgan fingerprint density at radius 1 is 1.57 bits per heavy atom. The van der Waals surface area contributed by atoms with E-state index in [1.807, 2.05) is 0 Å². The predicted octanol–water partition coefficient (Wildman–Crippen LogP) is 2.77. The van der Waals surface area contributed by atoms with Crippen LogP contribution in [0.4, 0.5) is 13.2 Å². The molecule has 0 N–H and O–H groups in total. The van der Waals surface area contributed by atoms with Gasteiger partial charge in [-0.3, -0.25) is 0 Å². The standard InChI is InChI=1S/C8H4ClF3N2/c9-2-4-5(10)1-6(8(11)12)14-7(4)3-13/h1,8H,2H2. The second-order valence-corrected chi connectivity index (χ2v) is 2.67. The van der Waals surface area contributed by atoms with Crippen LogP contribution < -0.4 is 0 Å². The van der Waals surface area contributed by atoms with Crippen LogP contribution in [0.15, 0.2) is 6.07 Å². The molecule has 0 aromatic carbocycles. The molecule has 1 aromatic heterocycles. The van der Waals surface area contributed by atoms with E-state index in [-0.39, 0.29) is 11.4 Å². The Hall–Kier alpha value is -1.28. The molecule has 0 unspecified atom stereocenters. The number of rotatable bonds is 2. The van der Waals surface area contributed by atoms with E-state index >= 15 is 0 Å². The maximum Gasteiger partial charge on any atom is 0.280 e. The molecule has 1 aromatic rings. The van der Waals surface area contributed by atoms with Crippen LogP contribution in [-0.2, 0) is 5.88 Å². The van der Waals surface area contributed by atoms with E-state index in [0.29, 0.717) is 6.07 Å². The summed E-state index contributed by atoms with van der Waals surface area (Å²) in [5.74, 6) is -1.20. The van der Waals surface area contributed by atoms with Crippen molar-refractivity contribution in [3.63, 3.8) is 0 Å². The van der Waals surface area contributed by atoms with Gasteiger partial charge in [-0.25, -0.2) is 18.2 Å². The normalized spacial score (nSPS) is 10.3. The minimum Gasteiger partial charge on any atom is -0.236 e. The van der Waals surface area contributed by atoms with Crippen LogP contribution in [0.5, 0.6) is 0 Å². The van der Waals surface area contributed by atoms with E-state index in [9.17, 15) is 13.2 Å². The Labute approximate surface area is 82.9 Å². The van der Waals surface area contributed by atoms with Crippen LogP contribution in [0, 0.1) is 17.1 Å². The molecule has 0 bridgehead atoms. The molecule has 0 aliphatic carbocycles. The molecule has 0 saturated heterocycles. The van der Waals surface area contributed by atoms with Gasteiger partial charge in [0.1, 0.15) is 23.3 Å². The van der Waals surface area contributed by atoms with Gasteiger partial charge in [0.05, 0.1) is 5.88 Å². The van der Waals surface area contributed by atoms with Gasteiger partial charge >= 0.3 is 0 Å². The molecule has 0 amide bonds. The fourth-order valence-corrected chi connectivity index (χ4v) is 1.14. The number of halogens is 4. The molecule has 14 heavy (non-hydrogen) atoms. The van der Waals surface area contributed by atoms with Gasteiger partial charge < -0.3 is 0 Å². The highest BCUT2D eigenvalue weighted by Crippen LogP contribution is 2.21. The average molecular weight is 221 g/mol. The van der Waals surface area contributed by atoms with Crippen LogP contribution in [0.25, 0.3) is 0 Å². The number of nitrogens with zero attached hydrogens (tertiary/aromatic N) is 2. The molecule has 0 spiro atoms. The number of aromatic nitrogens is 1. The molecular formula is C8H4ClF3N2. The first kappa shape index (κ1) is 10.8. The fourth-order valence-electron chi connectivity index (χ4n) is 0.890. The molecule has 0 aliphatic rings. The monoisotopic (exact) mass is 220 g/mol. The summed E-state index contributed by atoms with van der Waals surface area (Å²) in [6.07, 6.45) is -2.90. The third kappa shape index (κ3) is 1.96. The van der Waals surface area contributed by atoms with E-state index < -0.39 is 23.6 Å². The molecule has 0 fully saturated rings. The third-order valence-electron chi connectivity index (χ3n) is 1.55. The van der Waals surface area contributed by atoms with Crippen molar-refractivity contribution in [3.8, 4) is 6.07 Å². The Morgan fingerprint density at radius 3 is 2.64 bits per heavy atom. The van der Waals surface area contributed by atoms with E-state index in [1.54, 1.807) is 0 Å². The van der Waals surface area contributed by atoms with Crippen LogP contribution in [0.3, 0.4) is 0 Å². The number of hydrogen-bond donors (Lipinski definition) is 0. The molecule has 0 atom stereocenters. The summed E-state index contributed by atoms with van der Waals surface area (Å²) in [6.45, 7) is 0. The van der Waals surface area contributed by atoms with Gasteiger partial charge in [0.15, 0.2) is 0 Å². The molecule has 0 aliphatic heterocycles. The van der Waals surface area contributed by atoms with Gasteiger partial charge in [0.25, 0.3) is 6.43 Å². The fraction of sp³-hybridized carbons (Fsp3) is 0.250. The summed E-state index contributed by atoms with van der Waals surface area (Å²) in [5.41, 5.74) is -1.30. The molecule has 2 nitrogen and oxygen atoms in total. The second-order valence-electron chi connectivity index (χ2n) is 2.40. The van der Waals surface area contributed by atoms with Gasteiger partial charge in [-0.1, -0.05) is 0 Å². The molecule has 0 radical (unpaired) electrons. The minimum atomic E-state index is -2.90. The van der Waals surface area contributed by atoms with Gasteiger partial charge in [-0.05, 0) is 0 Å². The topological polar surface area (TPSA) is 36.7 Å². The van der Waals surface area contributed by atoms with Crippen molar-refractivity contribution in [2.45, 2.75) is 12.3 Å². The second kappa shape index (κ2) is 4.29. The number of alkyl halides is 3. The first-order chi connectivity index (χ1) is 6.60. The first-order valence-electron chi connectivity index (χ1n) is 3.53. The summed E-state index contributed by atoms with van der Waals surface area (Å²) in [6, 6.07) is 2.10. The van der Waals surface area contributed by atoms with Crippen LogP contribution >= 0.6 is 11.6 Å². The predicted molar refractivity (Wildman–Crippen MR) is 43.4 cm³/mol. The lowest BCUT2D eigenvalue weighted by Gasteiger charge is -2.04. The van der Waals surface area contributed by atoms with E-state index in [2.05, 4.69) is 4.98 Å². The summed E-state index contributed by atoms with van der Waals surface area (Å²) in [4.78, 5) is 3.29. The van der Waals surface area contributed by atoms with Crippen molar-refractivity contribution in [1.82, 2.24) is 4.98 Å². The average Bonchev–Trinajstić information content (AvgIpc) is 2.16. The van der Waals surface area contributed by atoms with Crippen molar-refractivity contribution in [2.75, 3.05) is 0 Å². The zero-order valence-corrected chi connectivity index (χ0v) is 7.52. The first-order valence-corrected chi connectivity index (χ1v) is 4.07. The molecule has 0 saturated carbocycles. The summed E-state index contributed by atoms with van der Waals surface area (Å²) in [5, 5.41) is 8.50. The van der Waals surface area contributed by atoms with Crippen LogP contribution in [0.2, 0.25) is 0 Å². The summed E-state index contributed by atoms with van der Waals surface area (Å²) >= 11 is 5.33. The molecule has 6 heteroatoms. The highest BCUT2D eigenvalue weighted by molar-refractivity contribution is 6.17. The largest absolute Gasteiger partial charge is 0.280 e. The van der Waals surface area contributed by atoms with Crippen molar-refractivity contribution < 1.29 is 13.2 Å². The van der Waals surface area contributed by atoms with Crippen molar-refractivity contribution in [1.29, 1.82) is 5.26 Å². The van der Waals surface area contributed by atoms with Crippen molar-refractivity contribution >= 4 is 11.6 Å². The Morgan fingerprint density at radius 2 is 2.21 bits per heavy atom. The molecular weight excluding hydrogens is 217 g/mol. The lowest BCUT2D eigenvalue weighted by Crippen LogP contribution is -2.01. The smallest absolute Gasteiger partial charge is 0.236 e. The lowest BCUT2D eigenvalue weighted by molar-refractivity contribution is 0.145. The van der Waals surface area contributed by atoms with Gasteiger partial charge in [0, 0.05) is 11.6 Å². The van der Waals surface area contributed by atoms with E-state index in [4.69, 9.17) is 16.9 Å². The van der Waals surface area contributed by atoms with Crippen molar-refractivity contribution in [3.05, 3.63) is 28.8 Å². The molecule has 1 heterocycles. The Kier molecular flexibility index (Phi) is 3.31. The Bertz CT molecular complexity index is 387. The quantitative estimate of drug-likeness (QED) is 0.719. The Balaban J connectivity index is 3.33. The van der Waals surface area contributed by atoms with Crippen LogP contribution in [-0.4, -0.2) is 4.98 Å². The minimum absolute atomic E-state index is 0.154. The number of nitriles is 1. The molecule has 74 valence electrons. The summed E-state index contributed by atoms with van der Waals surface area (Å²) < 4.78 is 37.3. The van der Waals surface area contributed by atoms with Gasteiger partial charge in [-0.15, -0.1) is 11.6 Å². The van der Waals surface area contributed by atoms with Crippen LogP contribution in [0.1, 0.15) is 23.4 Å². The van der Waals surface area contributed by atoms with Gasteiger partial charge in [0.2, 0.25) is 0 Å². The van der Waals surface area contributed by atoms with Crippen molar-refractivity contribution in [2.24, 2.45) is 0 Å². The third-order valence-corrected chi connectivity index (χ3v) is 1.82.